The van der Waals surface area contributed by atoms with Crippen LogP contribution in [0.1, 0.15) is 51.9 Å². The van der Waals surface area contributed by atoms with Gasteiger partial charge in [-0.25, -0.2) is 9.97 Å². The predicted octanol–water partition coefficient (Wildman–Crippen LogP) is 5.22. The van der Waals surface area contributed by atoms with Crippen molar-refractivity contribution < 1.29 is 0 Å². The highest BCUT2D eigenvalue weighted by molar-refractivity contribution is 6.29. The lowest BCUT2D eigenvalue weighted by Gasteiger charge is -2.17. The number of rotatable bonds is 2. The lowest BCUT2D eigenvalue weighted by molar-refractivity contribution is 0.546. The van der Waals surface area contributed by atoms with Gasteiger partial charge in [0.05, 0.1) is 5.69 Å². The number of hydrogen-bond donors (Lipinski definition) is 0. The van der Waals surface area contributed by atoms with E-state index in [9.17, 15) is 0 Å². The van der Waals surface area contributed by atoms with E-state index in [0.717, 1.165) is 17.1 Å². The molecular weight excluding hydrogens is 268 g/mol. The molecular formula is C17H21ClN2. The Hall–Kier alpha value is -1.41. The number of nitrogens with zero attached hydrogens (tertiary/aromatic N) is 2. The third-order valence-corrected chi connectivity index (χ3v) is 3.43. The van der Waals surface area contributed by atoms with Gasteiger partial charge in [-0.2, -0.15) is 0 Å². The maximum Gasteiger partial charge on any atom is 0.136 e. The Morgan fingerprint density at radius 1 is 1.00 bits per heavy atom. The molecule has 2 nitrogen and oxygen atoms in total. The van der Waals surface area contributed by atoms with Crippen molar-refractivity contribution in [1.82, 2.24) is 9.97 Å². The molecule has 0 amide bonds. The average Bonchev–Trinajstić information content (AvgIpc) is 2.37. The van der Waals surface area contributed by atoms with Gasteiger partial charge in [-0.1, -0.05) is 70.5 Å². The first-order chi connectivity index (χ1) is 9.27. The molecule has 0 saturated carbocycles. The Bertz CT molecular complexity index is 595. The lowest BCUT2D eigenvalue weighted by Crippen LogP contribution is -2.16. The van der Waals surface area contributed by atoms with Crippen molar-refractivity contribution in [3.05, 3.63) is 46.9 Å². The molecule has 0 unspecified atom stereocenters. The highest BCUT2D eigenvalue weighted by atomic mass is 35.5. The van der Waals surface area contributed by atoms with Gasteiger partial charge < -0.3 is 0 Å². The van der Waals surface area contributed by atoms with Crippen LogP contribution in [0.15, 0.2) is 30.3 Å². The summed E-state index contributed by atoms with van der Waals surface area (Å²) in [5, 5.41) is 0.493. The van der Waals surface area contributed by atoms with E-state index in [1.165, 1.54) is 5.56 Å². The first-order valence-corrected chi connectivity index (χ1v) is 7.30. The minimum absolute atomic E-state index is 0.114. The fourth-order valence-electron chi connectivity index (χ4n) is 1.94. The molecule has 0 radical (unpaired) electrons. The summed E-state index contributed by atoms with van der Waals surface area (Å²) in [6, 6.07) is 10.3. The fourth-order valence-corrected chi connectivity index (χ4v) is 2.12. The van der Waals surface area contributed by atoms with Crippen molar-refractivity contribution >= 4 is 11.6 Å². The van der Waals surface area contributed by atoms with Gasteiger partial charge in [0.2, 0.25) is 0 Å². The van der Waals surface area contributed by atoms with Crippen LogP contribution in [-0.2, 0) is 5.41 Å². The zero-order valence-electron chi connectivity index (χ0n) is 12.7. The molecule has 2 rings (SSSR count). The number of hydrogen-bond acceptors (Lipinski definition) is 2. The summed E-state index contributed by atoms with van der Waals surface area (Å²) in [6.07, 6.45) is 0. The van der Waals surface area contributed by atoms with E-state index in [4.69, 9.17) is 11.6 Å². The summed E-state index contributed by atoms with van der Waals surface area (Å²) in [4.78, 5) is 8.98. The zero-order valence-corrected chi connectivity index (χ0v) is 13.5. The molecule has 0 spiro atoms. The van der Waals surface area contributed by atoms with Crippen LogP contribution < -0.4 is 0 Å². The van der Waals surface area contributed by atoms with Gasteiger partial charge in [-0.3, -0.25) is 0 Å². The predicted molar refractivity (Wildman–Crippen MR) is 85.3 cm³/mol. The van der Waals surface area contributed by atoms with Crippen molar-refractivity contribution in [3.8, 4) is 11.3 Å². The molecule has 0 atom stereocenters. The van der Waals surface area contributed by atoms with Gasteiger partial charge in [0.1, 0.15) is 11.0 Å². The fraction of sp³-hybridized carbons (Fsp3) is 0.412. The SMILES string of the molecule is CC(C)c1ccc(-c2cc(Cl)nc(C(C)(C)C)n2)cc1. The summed E-state index contributed by atoms with van der Waals surface area (Å²) >= 11 is 6.14. The van der Waals surface area contributed by atoms with Gasteiger partial charge in [0, 0.05) is 17.0 Å². The van der Waals surface area contributed by atoms with Crippen LogP contribution in [0.5, 0.6) is 0 Å². The second kappa shape index (κ2) is 5.53. The molecule has 0 aliphatic rings. The van der Waals surface area contributed by atoms with Gasteiger partial charge in [-0.15, -0.1) is 0 Å². The normalized spacial score (nSPS) is 11.9. The topological polar surface area (TPSA) is 25.8 Å². The third-order valence-electron chi connectivity index (χ3n) is 3.24. The van der Waals surface area contributed by atoms with Crippen LogP contribution in [0.4, 0.5) is 0 Å². The molecule has 0 aliphatic heterocycles. The second-order valence-electron chi connectivity index (χ2n) is 6.43. The first kappa shape index (κ1) is 15.0. The van der Waals surface area contributed by atoms with Crippen molar-refractivity contribution in [2.45, 2.75) is 46.0 Å². The van der Waals surface area contributed by atoms with Crippen LogP contribution in [0.25, 0.3) is 11.3 Å². The Balaban J connectivity index is 2.44. The maximum absolute atomic E-state index is 6.14. The Labute approximate surface area is 126 Å². The summed E-state index contributed by atoms with van der Waals surface area (Å²) in [5.74, 6) is 1.30. The second-order valence-corrected chi connectivity index (χ2v) is 6.81. The van der Waals surface area contributed by atoms with Crippen LogP contribution in [-0.4, -0.2) is 9.97 Å². The standard InChI is InChI=1S/C17H21ClN2/c1-11(2)12-6-8-13(9-7-12)14-10-15(18)20-16(19-14)17(3,4)5/h6-11H,1-5H3. The molecule has 0 N–H and O–H groups in total. The largest absolute Gasteiger partial charge is 0.232 e. The maximum atomic E-state index is 6.14. The smallest absolute Gasteiger partial charge is 0.136 e. The van der Waals surface area contributed by atoms with E-state index in [2.05, 4.69) is 68.9 Å². The summed E-state index contributed by atoms with van der Waals surface area (Å²) < 4.78 is 0. The molecule has 2 aromatic rings. The highest BCUT2D eigenvalue weighted by Crippen LogP contribution is 2.26. The van der Waals surface area contributed by atoms with E-state index in [0.29, 0.717) is 11.1 Å². The number of halogens is 1. The molecule has 0 aliphatic carbocycles. The van der Waals surface area contributed by atoms with E-state index in [-0.39, 0.29) is 5.41 Å². The van der Waals surface area contributed by atoms with Crippen LogP contribution in [0.3, 0.4) is 0 Å². The number of aromatic nitrogens is 2. The quantitative estimate of drug-likeness (QED) is 0.708. The first-order valence-electron chi connectivity index (χ1n) is 6.93. The van der Waals surface area contributed by atoms with Crippen LogP contribution >= 0.6 is 11.6 Å². The minimum Gasteiger partial charge on any atom is -0.232 e. The van der Waals surface area contributed by atoms with E-state index < -0.39 is 0 Å². The molecule has 1 heterocycles. The molecule has 0 fully saturated rings. The Kier molecular flexibility index (Phi) is 4.14. The van der Waals surface area contributed by atoms with E-state index >= 15 is 0 Å². The average molecular weight is 289 g/mol. The molecule has 3 heteroatoms. The van der Waals surface area contributed by atoms with Gasteiger partial charge >= 0.3 is 0 Å². The summed E-state index contributed by atoms with van der Waals surface area (Å²) in [5.41, 5.74) is 3.16. The summed E-state index contributed by atoms with van der Waals surface area (Å²) in [7, 11) is 0. The molecule has 106 valence electrons. The van der Waals surface area contributed by atoms with Crippen molar-refractivity contribution in [2.75, 3.05) is 0 Å². The van der Waals surface area contributed by atoms with Gasteiger partial charge in [0.25, 0.3) is 0 Å². The monoisotopic (exact) mass is 288 g/mol. The Morgan fingerprint density at radius 3 is 2.10 bits per heavy atom. The Morgan fingerprint density at radius 2 is 1.60 bits per heavy atom. The molecule has 0 bridgehead atoms. The van der Waals surface area contributed by atoms with E-state index in [1.54, 1.807) is 0 Å². The lowest BCUT2D eigenvalue weighted by atomic mass is 9.95. The minimum atomic E-state index is -0.114. The highest BCUT2D eigenvalue weighted by Gasteiger charge is 2.19. The van der Waals surface area contributed by atoms with E-state index in [1.807, 2.05) is 6.07 Å². The molecule has 1 aromatic carbocycles. The molecule has 20 heavy (non-hydrogen) atoms. The number of benzene rings is 1. The summed E-state index contributed by atoms with van der Waals surface area (Å²) in [6.45, 7) is 10.6. The van der Waals surface area contributed by atoms with Gasteiger partial charge in [0.15, 0.2) is 0 Å². The zero-order chi connectivity index (χ0) is 14.9. The van der Waals surface area contributed by atoms with Crippen molar-refractivity contribution in [2.24, 2.45) is 0 Å². The van der Waals surface area contributed by atoms with Crippen LogP contribution in [0, 0.1) is 0 Å². The van der Waals surface area contributed by atoms with Crippen molar-refractivity contribution in [1.29, 1.82) is 0 Å². The molecule has 0 saturated heterocycles. The van der Waals surface area contributed by atoms with Crippen LogP contribution in [0.2, 0.25) is 5.15 Å². The third kappa shape index (κ3) is 3.37. The van der Waals surface area contributed by atoms with Crippen molar-refractivity contribution in [3.63, 3.8) is 0 Å². The van der Waals surface area contributed by atoms with Gasteiger partial charge in [-0.05, 0) is 11.5 Å². The molecule has 1 aromatic heterocycles.